The third-order valence-electron chi connectivity index (χ3n) is 3.87. The fourth-order valence-electron chi connectivity index (χ4n) is 2.28. The summed E-state index contributed by atoms with van der Waals surface area (Å²) in [6.07, 6.45) is 4.23. The number of halogens is 1. The van der Waals surface area contributed by atoms with Crippen molar-refractivity contribution in [2.24, 2.45) is 0 Å². The van der Waals surface area contributed by atoms with Crippen molar-refractivity contribution in [2.45, 2.75) is 31.9 Å². The zero-order valence-electron chi connectivity index (χ0n) is 12.4. The number of aromatic nitrogens is 1. The molecule has 1 heterocycles. The average Bonchev–Trinajstić information content (AvgIpc) is 2.53. The van der Waals surface area contributed by atoms with E-state index in [1.807, 2.05) is 43.3 Å². The minimum atomic E-state index is -0.859. The van der Waals surface area contributed by atoms with Crippen LogP contribution in [0.2, 0.25) is 0 Å². The van der Waals surface area contributed by atoms with Gasteiger partial charge in [0, 0.05) is 29.5 Å². The van der Waals surface area contributed by atoms with E-state index in [4.69, 9.17) is 0 Å². The second-order valence-corrected chi connectivity index (χ2v) is 6.19. The molecule has 2 N–H and O–H groups in total. The highest BCUT2D eigenvalue weighted by atomic mass is 79.9. The van der Waals surface area contributed by atoms with Crippen molar-refractivity contribution in [3.8, 4) is 0 Å². The van der Waals surface area contributed by atoms with Crippen LogP contribution in [0.15, 0.2) is 53.3 Å². The minimum absolute atomic E-state index is 0.168. The van der Waals surface area contributed by atoms with Gasteiger partial charge >= 0.3 is 0 Å². The Kier molecular flexibility index (Phi) is 5.51. The summed E-state index contributed by atoms with van der Waals surface area (Å²) in [6.45, 7) is 4.60. The maximum atomic E-state index is 10.9. The third-order valence-corrected chi connectivity index (χ3v) is 4.40. The predicted molar refractivity (Wildman–Crippen MR) is 89.0 cm³/mol. The van der Waals surface area contributed by atoms with Gasteiger partial charge in [0.1, 0.15) is 5.60 Å². The molecule has 0 aliphatic rings. The van der Waals surface area contributed by atoms with Crippen LogP contribution in [0, 0.1) is 0 Å². The molecule has 2 rings (SSSR count). The molecule has 1 aromatic heterocycles. The monoisotopic (exact) mass is 348 g/mol. The van der Waals surface area contributed by atoms with Crippen molar-refractivity contribution >= 4 is 15.9 Å². The average molecular weight is 349 g/mol. The summed E-state index contributed by atoms with van der Waals surface area (Å²) in [5, 5.41) is 14.3. The van der Waals surface area contributed by atoms with Gasteiger partial charge in [0.05, 0.1) is 0 Å². The smallest absolute Gasteiger partial charge is 0.102 e. The van der Waals surface area contributed by atoms with Gasteiger partial charge in [0.2, 0.25) is 0 Å². The largest absolute Gasteiger partial charge is 0.384 e. The molecule has 0 fully saturated rings. The molecule has 0 bridgehead atoms. The molecule has 0 saturated carbocycles. The van der Waals surface area contributed by atoms with Crippen molar-refractivity contribution in [2.75, 3.05) is 6.54 Å². The number of aliphatic hydroxyl groups is 1. The molecule has 21 heavy (non-hydrogen) atoms. The Bertz CT molecular complexity index is 559. The molecular formula is C17H21BrN2O. The molecule has 2 atom stereocenters. The highest BCUT2D eigenvalue weighted by molar-refractivity contribution is 9.10. The van der Waals surface area contributed by atoms with Crippen molar-refractivity contribution in [3.63, 3.8) is 0 Å². The first kappa shape index (κ1) is 16.1. The molecule has 0 spiro atoms. The van der Waals surface area contributed by atoms with Gasteiger partial charge in [0.15, 0.2) is 0 Å². The number of rotatable bonds is 6. The Morgan fingerprint density at radius 1 is 1.19 bits per heavy atom. The molecular weight excluding hydrogens is 328 g/mol. The first-order valence-electron chi connectivity index (χ1n) is 7.17. The molecule has 0 radical (unpaired) electrons. The Hall–Kier alpha value is -1.23. The summed E-state index contributed by atoms with van der Waals surface area (Å²) in [5.74, 6) is 0. The predicted octanol–water partition coefficient (Wildman–Crippen LogP) is 3.79. The van der Waals surface area contributed by atoms with Crippen molar-refractivity contribution < 1.29 is 5.11 Å². The normalized spacial score (nSPS) is 15.4. The lowest BCUT2D eigenvalue weighted by atomic mass is 9.90. The summed E-state index contributed by atoms with van der Waals surface area (Å²) in [5.41, 5.74) is 1.24. The van der Waals surface area contributed by atoms with E-state index in [1.54, 1.807) is 12.4 Å². The van der Waals surface area contributed by atoms with Crippen LogP contribution in [0.25, 0.3) is 0 Å². The summed E-state index contributed by atoms with van der Waals surface area (Å²) in [6, 6.07) is 12.0. The van der Waals surface area contributed by atoms with Gasteiger partial charge in [0.25, 0.3) is 0 Å². The lowest BCUT2D eigenvalue weighted by molar-refractivity contribution is 0.0303. The minimum Gasteiger partial charge on any atom is -0.384 e. The van der Waals surface area contributed by atoms with Crippen LogP contribution >= 0.6 is 15.9 Å². The van der Waals surface area contributed by atoms with E-state index in [2.05, 4.69) is 33.2 Å². The van der Waals surface area contributed by atoms with Gasteiger partial charge in [-0.15, -0.1) is 0 Å². The molecule has 0 aliphatic carbocycles. The Balaban J connectivity index is 2.06. The van der Waals surface area contributed by atoms with E-state index in [1.165, 1.54) is 5.56 Å². The lowest BCUT2D eigenvalue weighted by Crippen LogP contribution is -2.38. The number of nitrogens with zero attached hydrogens (tertiary/aromatic N) is 1. The molecule has 4 heteroatoms. The number of nitrogens with one attached hydrogen (secondary N) is 1. The summed E-state index contributed by atoms with van der Waals surface area (Å²) < 4.78 is 1.02. The van der Waals surface area contributed by atoms with Crippen LogP contribution in [0.4, 0.5) is 0 Å². The van der Waals surface area contributed by atoms with E-state index in [0.717, 1.165) is 10.0 Å². The maximum absolute atomic E-state index is 10.9. The fourth-order valence-corrected chi connectivity index (χ4v) is 2.55. The van der Waals surface area contributed by atoms with Crippen LogP contribution in [-0.4, -0.2) is 16.6 Å². The zero-order chi connectivity index (χ0) is 15.3. The third kappa shape index (κ3) is 4.13. The molecule has 1 aromatic carbocycles. The standard InChI is InChI=1S/C17H21BrN2O/c1-3-17(21,15-4-6-16(18)7-5-15)12-20-13(2)14-8-10-19-11-9-14/h4-11,13,20-21H,3,12H2,1-2H3. The summed E-state index contributed by atoms with van der Waals surface area (Å²) in [7, 11) is 0. The molecule has 112 valence electrons. The van der Waals surface area contributed by atoms with Crippen LogP contribution in [0.5, 0.6) is 0 Å². The number of pyridine rings is 1. The van der Waals surface area contributed by atoms with Crippen molar-refractivity contribution in [1.29, 1.82) is 0 Å². The summed E-state index contributed by atoms with van der Waals surface area (Å²) in [4.78, 5) is 4.03. The Morgan fingerprint density at radius 3 is 2.38 bits per heavy atom. The molecule has 0 amide bonds. The van der Waals surface area contributed by atoms with Gasteiger partial charge in [-0.2, -0.15) is 0 Å². The van der Waals surface area contributed by atoms with Crippen LogP contribution in [0.1, 0.15) is 37.4 Å². The number of hydrogen-bond donors (Lipinski definition) is 2. The highest BCUT2D eigenvalue weighted by Crippen LogP contribution is 2.26. The SMILES string of the molecule is CCC(O)(CNC(C)c1ccncc1)c1ccc(Br)cc1. The molecule has 0 aliphatic heterocycles. The van der Waals surface area contributed by atoms with Gasteiger partial charge in [-0.05, 0) is 48.7 Å². The van der Waals surface area contributed by atoms with E-state index in [9.17, 15) is 5.11 Å². The van der Waals surface area contributed by atoms with Crippen molar-refractivity contribution in [1.82, 2.24) is 10.3 Å². The topological polar surface area (TPSA) is 45.1 Å². The molecule has 2 unspecified atom stereocenters. The molecule has 0 saturated heterocycles. The first-order valence-corrected chi connectivity index (χ1v) is 7.96. The second kappa shape index (κ2) is 7.16. The fraction of sp³-hybridized carbons (Fsp3) is 0.353. The zero-order valence-corrected chi connectivity index (χ0v) is 14.0. The quantitative estimate of drug-likeness (QED) is 0.834. The van der Waals surface area contributed by atoms with Crippen LogP contribution in [-0.2, 0) is 5.60 Å². The molecule has 3 nitrogen and oxygen atoms in total. The Morgan fingerprint density at radius 2 is 1.81 bits per heavy atom. The van der Waals surface area contributed by atoms with Gasteiger partial charge in [-0.1, -0.05) is 35.0 Å². The van der Waals surface area contributed by atoms with Gasteiger partial charge in [-0.25, -0.2) is 0 Å². The van der Waals surface area contributed by atoms with Gasteiger partial charge in [-0.3, -0.25) is 4.98 Å². The van der Waals surface area contributed by atoms with E-state index < -0.39 is 5.60 Å². The van der Waals surface area contributed by atoms with Gasteiger partial charge < -0.3 is 10.4 Å². The van der Waals surface area contributed by atoms with E-state index in [0.29, 0.717) is 13.0 Å². The Labute approximate surface area is 134 Å². The number of benzene rings is 1. The van der Waals surface area contributed by atoms with E-state index in [-0.39, 0.29) is 6.04 Å². The number of hydrogen-bond acceptors (Lipinski definition) is 3. The second-order valence-electron chi connectivity index (χ2n) is 5.28. The maximum Gasteiger partial charge on any atom is 0.102 e. The van der Waals surface area contributed by atoms with Crippen LogP contribution < -0.4 is 5.32 Å². The first-order chi connectivity index (χ1) is 10.0. The summed E-state index contributed by atoms with van der Waals surface area (Å²) >= 11 is 3.42. The molecule has 2 aromatic rings. The van der Waals surface area contributed by atoms with Crippen molar-refractivity contribution in [3.05, 3.63) is 64.4 Å². The lowest BCUT2D eigenvalue weighted by Gasteiger charge is -2.29. The van der Waals surface area contributed by atoms with E-state index >= 15 is 0 Å². The highest BCUT2D eigenvalue weighted by Gasteiger charge is 2.27. The van der Waals surface area contributed by atoms with Crippen LogP contribution in [0.3, 0.4) is 0 Å².